The van der Waals surface area contributed by atoms with Crippen LogP contribution in [0, 0.1) is 0 Å². The van der Waals surface area contributed by atoms with Gasteiger partial charge >= 0.3 is 0 Å². The van der Waals surface area contributed by atoms with Crippen LogP contribution in [-0.2, 0) is 0 Å². The lowest BCUT2D eigenvalue weighted by molar-refractivity contribution is 0.102. The highest BCUT2D eigenvalue weighted by atomic mass is 32.2. The second-order valence-corrected chi connectivity index (χ2v) is 8.04. The maximum absolute atomic E-state index is 12.8. The van der Waals surface area contributed by atoms with Crippen molar-refractivity contribution in [3.63, 3.8) is 0 Å². The van der Waals surface area contributed by atoms with E-state index in [2.05, 4.69) is 19.2 Å². The van der Waals surface area contributed by atoms with E-state index in [1.807, 2.05) is 66.7 Å². The van der Waals surface area contributed by atoms with Gasteiger partial charge in [0.05, 0.1) is 5.56 Å². The van der Waals surface area contributed by atoms with Crippen LogP contribution in [0.1, 0.15) is 24.2 Å². The molecule has 4 rings (SSSR count). The Morgan fingerprint density at radius 1 is 0.923 bits per heavy atom. The molecule has 3 nitrogen and oxygen atoms in total. The van der Waals surface area contributed by atoms with E-state index in [4.69, 9.17) is 4.42 Å². The van der Waals surface area contributed by atoms with E-state index in [-0.39, 0.29) is 5.91 Å². The second kappa shape index (κ2) is 6.89. The summed E-state index contributed by atoms with van der Waals surface area (Å²) in [6.45, 7) is 4.24. The first-order chi connectivity index (χ1) is 12.6. The number of nitrogens with one attached hydrogen (secondary N) is 1. The number of carbonyl (C=O) groups excluding carboxylic acids is 1. The van der Waals surface area contributed by atoms with E-state index in [1.165, 1.54) is 0 Å². The van der Waals surface area contributed by atoms with Crippen molar-refractivity contribution in [1.29, 1.82) is 0 Å². The van der Waals surface area contributed by atoms with Gasteiger partial charge in [0.25, 0.3) is 5.91 Å². The third-order valence-corrected chi connectivity index (χ3v) is 5.21. The molecule has 0 fully saturated rings. The number of para-hydroxylation sites is 1. The number of thioether (sulfide) groups is 1. The fraction of sp³-hybridized carbons (Fsp3) is 0.136. The van der Waals surface area contributed by atoms with Crippen LogP contribution >= 0.6 is 11.8 Å². The Balaban J connectivity index is 1.65. The molecule has 0 bridgehead atoms. The van der Waals surface area contributed by atoms with E-state index >= 15 is 0 Å². The number of rotatable bonds is 4. The molecule has 0 aliphatic rings. The van der Waals surface area contributed by atoms with Gasteiger partial charge in [0.1, 0.15) is 11.2 Å². The van der Waals surface area contributed by atoms with Crippen LogP contribution in [0.5, 0.6) is 0 Å². The third-order valence-electron chi connectivity index (χ3n) is 4.13. The van der Waals surface area contributed by atoms with Gasteiger partial charge in [0.15, 0.2) is 0 Å². The molecule has 0 unspecified atom stereocenters. The maximum atomic E-state index is 12.8. The van der Waals surface area contributed by atoms with Crippen LogP contribution in [0.15, 0.2) is 76.0 Å². The lowest BCUT2D eigenvalue weighted by Crippen LogP contribution is -2.13. The summed E-state index contributed by atoms with van der Waals surface area (Å²) in [5, 5.41) is 5.54. The average Bonchev–Trinajstić information content (AvgIpc) is 2.99. The summed E-state index contributed by atoms with van der Waals surface area (Å²) in [5.41, 5.74) is 3.04. The van der Waals surface area contributed by atoms with Gasteiger partial charge in [-0.15, -0.1) is 11.8 Å². The molecule has 1 aromatic heterocycles. The van der Waals surface area contributed by atoms with Gasteiger partial charge in [-0.3, -0.25) is 4.79 Å². The smallest absolute Gasteiger partial charge is 0.256 e. The molecule has 0 atom stereocenters. The van der Waals surface area contributed by atoms with Gasteiger partial charge in [-0.2, -0.15) is 0 Å². The lowest BCUT2D eigenvalue weighted by Gasteiger charge is -2.11. The number of fused-ring (bicyclic) bond motifs is 3. The Morgan fingerprint density at radius 3 is 2.50 bits per heavy atom. The molecule has 4 aromatic rings. The third kappa shape index (κ3) is 3.20. The molecule has 1 amide bonds. The van der Waals surface area contributed by atoms with Crippen molar-refractivity contribution in [2.24, 2.45) is 0 Å². The number of benzene rings is 3. The molecule has 0 radical (unpaired) electrons. The van der Waals surface area contributed by atoms with Gasteiger partial charge in [0.2, 0.25) is 0 Å². The van der Waals surface area contributed by atoms with Gasteiger partial charge < -0.3 is 9.73 Å². The number of hydrogen-bond donors (Lipinski definition) is 1. The summed E-state index contributed by atoms with van der Waals surface area (Å²) in [6.07, 6.45) is 0. The van der Waals surface area contributed by atoms with Crippen LogP contribution in [0.2, 0.25) is 0 Å². The Morgan fingerprint density at radius 2 is 1.65 bits per heavy atom. The Kier molecular flexibility index (Phi) is 4.43. The van der Waals surface area contributed by atoms with Crippen LogP contribution in [0.25, 0.3) is 21.9 Å². The number of amides is 1. The zero-order valence-corrected chi connectivity index (χ0v) is 15.5. The minimum atomic E-state index is -0.107. The number of carbonyl (C=O) groups is 1. The van der Waals surface area contributed by atoms with E-state index in [0.717, 1.165) is 32.5 Å². The van der Waals surface area contributed by atoms with E-state index < -0.39 is 0 Å². The molecule has 3 aromatic carbocycles. The van der Waals surface area contributed by atoms with Crippen LogP contribution in [-0.4, -0.2) is 11.2 Å². The van der Waals surface area contributed by atoms with Crippen molar-refractivity contribution in [2.45, 2.75) is 24.0 Å². The summed E-state index contributed by atoms with van der Waals surface area (Å²) in [5.74, 6) is -0.107. The topological polar surface area (TPSA) is 42.2 Å². The van der Waals surface area contributed by atoms with Crippen molar-refractivity contribution >= 4 is 45.3 Å². The Labute approximate surface area is 156 Å². The van der Waals surface area contributed by atoms with E-state index in [9.17, 15) is 4.79 Å². The van der Waals surface area contributed by atoms with Crippen molar-refractivity contribution in [1.82, 2.24) is 0 Å². The lowest BCUT2D eigenvalue weighted by atomic mass is 10.1. The minimum absolute atomic E-state index is 0.107. The zero-order valence-electron chi connectivity index (χ0n) is 14.7. The molecule has 0 aliphatic heterocycles. The number of anilines is 1. The van der Waals surface area contributed by atoms with Crippen LogP contribution < -0.4 is 5.32 Å². The van der Waals surface area contributed by atoms with Gasteiger partial charge in [-0.05, 0) is 30.3 Å². The second-order valence-electron chi connectivity index (χ2n) is 6.43. The summed E-state index contributed by atoms with van der Waals surface area (Å²) in [4.78, 5) is 13.8. The summed E-state index contributed by atoms with van der Waals surface area (Å²) in [7, 11) is 0. The predicted octanol–water partition coefficient (Wildman–Crippen LogP) is 6.34. The van der Waals surface area contributed by atoms with Crippen molar-refractivity contribution in [3.8, 4) is 0 Å². The Bertz CT molecular complexity index is 1100. The van der Waals surface area contributed by atoms with Crippen molar-refractivity contribution in [2.75, 3.05) is 5.32 Å². The molecule has 1 N–H and O–H groups in total. The standard InChI is InChI=1S/C22H19NO2S/c1-14(2)26-21-10-6-4-8-18(21)22(24)23-15-11-12-17-16-7-3-5-9-19(16)25-20(17)13-15/h3-14H,1-2H3,(H,23,24). The number of furan rings is 1. The molecular formula is C22H19NO2S. The maximum Gasteiger partial charge on any atom is 0.256 e. The molecule has 0 saturated heterocycles. The first kappa shape index (κ1) is 16.7. The average molecular weight is 361 g/mol. The zero-order chi connectivity index (χ0) is 18.1. The predicted molar refractivity (Wildman–Crippen MR) is 109 cm³/mol. The quantitative estimate of drug-likeness (QED) is 0.431. The Hall–Kier alpha value is -2.72. The van der Waals surface area contributed by atoms with Gasteiger partial charge in [-0.25, -0.2) is 0 Å². The summed E-state index contributed by atoms with van der Waals surface area (Å²) in [6, 6.07) is 21.4. The molecule has 130 valence electrons. The fourth-order valence-electron chi connectivity index (χ4n) is 3.01. The molecular weight excluding hydrogens is 342 g/mol. The monoisotopic (exact) mass is 361 g/mol. The molecule has 1 heterocycles. The highest BCUT2D eigenvalue weighted by Crippen LogP contribution is 2.31. The van der Waals surface area contributed by atoms with Crippen LogP contribution in [0.3, 0.4) is 0 Å². The van der Waals surface area contributed by atoms with Gasteiger partial charge in [0, 0.05) is 32.7 Å². The van der Waals surface area contributed by atoms with E-state index in [1.54, 1.807) is 11.8 Å². The molecule has 0 aliphatic carbocycles. The molecule has 4 heteroatoms. The molecule has 0 spiro atoms. The largest absolute Gasteiger partial charge is 0.456 e. The molecule has 0 saturated carbocycles. The SMILES string of the molecule is CC(C)Sc1ccccc1C(=O)Nc1ccc2c(c1)oc1ccccc12. The number of hydrogen-bond acceptors (Lipinski definition) is 3. The van der Waals surface area contributed by atoms with E-state index in [0.29, 0.717) is 10.8 Å². The first-order valence-corrected chi connectivity index (χ1v) is 9.48. The summed E-state index contributed by atoms with van der Waals surface area (Å²) >= 11 is 1.69. The normalized spacial score (nSPS) is 11.3. The fourth-order valence-corrected chi connectivity index (χ4v) is 3.97. The van der Waals surface area contributed by atoms with Crippen molar-refractivity contribution in [3.05, 3.63) is 72.3 Å². The van der Waals surface area contributed by atoms with Gasteiger partial charge in [-0.1, -0.05) is 44.2 Å². The molecule has 26 heavy (non-hydrogen) atoms. The minimum Gasteiger partial charge on any atom is -0.456 e. The highest BCUT2D eigenvalue weighted by molar-refractivity contribution is 8.00. The van der Waals surface area contributed by atoms with Crippen LogP contribution in [0.4, 0.5) is 5.69 Å². The first-order valence-electron chi connectivity index (χ1n) is 8.60. The van der Waals surface area contributed by atoms with Crippen molar-refractivity contribution < 1.29 is 9.21 Å². The summed E-state index contributed by atoms with van der Waals surface area (Å²) < 4.78 is 5.90. The highest BCUT2D eigenvalue weighted by Gasteiger charge is 2.14.